The fourth-order valence-corrected chi connectivity index (χ4v) is 5.03. The number of likely N-dealkylation sites (tertiary alicyclic amines) is 1. The van der Waals surface area contributed by atoms with E-state index in [-0.39, 0.29) is 11.8 Å². The largest absolute Gasteiger partial charge is 0.326 e. The molecular formula is C25H32N2OS. The first-order chi connectivity index (χ1) is 14.3. The Labute approximate surface area is 179 Å². The van der Waals surface area contributed by atoms with E-state index in [4.69, 9.17) is 0 Å². The maximum absolute atomic E-state index is 12.0. The Bertz CT molecular complexity index is 782. The smallest absolute Gasteiger partial charge is 0.227 e. The average molecular weight is 409 g/mol. The van der Waals surface area contributed by atoms with Gasteiger partial charge in [-0.2, -0.15) is 0 Å². The van der Waals surface area contributed by atoms with Crippen LogP contribution in [0.5, 0.6) is 0 Å². The first-order valence-corrected chi connectivity index (χ1v) is 12.1. The van der Waals surface area contributed by atoms with Crippen molar-refractivity contribution in [3.63, 3.8) is 0 Å². The molecule has 1 amide bonds. The van der Waals surface area contributed by atoms with Crippen molar-refractivity contribution in [2.45, 2.75) is 49.3 Å². The van der Waals surface area contributed by atoms with Crippen LogP contribution in [0.3, 0.4) is 0 Å². The molecule has 2 aliphatic rings. The van der Waals surface area contributed by atoms with E-state index < -0.39 is 0 Å². The second-order valence-electron chi connectivity index (χ2n) is 8.37. The van der Waals surface area contributed by atoms with Gasteiger partial charge in [0.15, 0.2) is 0 Å². The number of benzene rings is 2. The molecule has 0 spiro atoms. The lowest BCUT2D eigenvalue weighted by molar-refractivity contribution is -0.117. The van der Waals surface area contributed by atoms with Gasteiger partial charge in [-0.1, -0.05) is 30.3 Å². The van der Waals surface area contributed by atoms with Crippen LogP contribution in [0.15, 0.2) is 59.5 Å². The summed E-state index contributed by atoms with van der Waals surface area (Å²) in [5.74, 6) is 2.29. The standard InChI is InChI=1S/C25H32N2OS/c28-25(21-11-12-21)26-23-8-6-7-22(19-23)20-13-16-27(17-14-20)15-4-5-18-29-24-9-2-1-3-10-24/h1-3,6-10,19-21H,4-5,11-18H2,(H,26,28). The molecule has 4 heteroatoms. The van der Waals surface area contributed by atoms with E-state index in [9.17, 15) is 4.79 Å². The highest BCUT2D eigenvalue weighted by atomic mass is 32.2. The predicted octanol–water partition coefficient (Wildman–Crippen LogP) is 5.79. The number of nitrogens with zero attached hydrogens (tertiary/aromatic N) is 1. The molecule has 1 saturated carbocycles. The van der Waals surface area contributed by atoms with Gasteiger partial charge in [-0.15, -0.1) is 11.8 Å². The molecule has 2 aromatic carbocycles. The number of thioether (sulfide) groups is 1. The number of hydrogen-bond acceptors (Lipinski definition) is 3. The third kappa shape index (κ3) is 6.35. The molecule has 0 aromatic heterocycles. The van der Waals surface area contributed by atoms with Crippen molar-refractivity contribution >= 4 is 23.4 Å². The van der Waals surface area contributed by atoms with Crippen molar-refractivity contribution < 1.29 is 4.79 Å². The van der Waals surface area contributed by atoms with Gasteiger partial charge in [0, 0.05) is 16.5 Å². The number of amides is 1. The Morgan fingerprint density at radius 1 is 0.966 bits per heavy atom. The molecule has 0 radical (unpaired) electrons. The Kier molecular flexibility index (Phi) is 7.28. The monoisotopic (exact) mass is 408 g/mol. The molecule has 0 atom stereocenters. The van der Waals surface area contributed by atoms with Crippen LogP contribution < -0.4 is 5.32 Å². The molecular weight excluding hydrogens is 376 g/mol. The lowest BCUT2D eigenvalue weighted by atomic mass is 9.89. The number of carbonyl (C=O) groups excluding carboxylic acids is 1. The topological polar surface area (TPSA) is 32.3 Å². The molecule has 1 aliphatic heterocycles. The maximum Gasteiger partial charge on any atom is 0.227 e. The highest BCUT2D eigenvalue weighted by Gasteiger charge is 2.29. The summed E-state index contributed by atoms with van der Waals surface area (Å²) >= 11 is 1.97. The van der Waals surface area contributed by atoms with Gasteiger partial charge in [0.1, 0.15) is 0 Å². The van der Waals surface area contributed by atoms with E-state index in [1.54, 1.807) is 0 Å². The van der Waals surface area contributed by atoms with Gasteiger partial charge in [-0.25, -0.2) is 0 Å². The summed E-state index contributed by atoms with van der Waals surface area (Å²) in [4.78, 5) is 16.0. The third-order valence-electron chi connectivity index (χ3n) is 6.04. The van der Waals surface area contributed by atoms with E-state index in [0.717, 1.165) is 18.5 Å². The minimum Gasteiger partial charge on any atom is -0.326 e. The first kappa shape index (κ1) is 20.5. The molecule has 4 rings (SSSR count). The Hall–Kier alpha value is -1.78. The number of hydrogen-bond donors (Lipinski definition) is 1. The van der Waals surface area contributed by atoms with Crippen LogP contribution in [0.25, 0.3) is 0 Å². The highest BCUT2D eigenvalue weighted by molar-refractivity contribution is 7.99. The fraction of sp³-hybridized carbons (Fsp3) is 0.480. The predicted molar refractivity (Wildman–Crippen MR) is 123 cm³/mol. The molecule has 0 bridgehead atoms. The molecule has 3 nitrogen and oxygen atoms in total. The number of unbranched alkanes of at least 4 members (excludes halogenated alkanes) is 1. The lowest BCUT2D eigenvalue weighted by Crippen LogP contribution is -2.33. The van der Waals surface area contributed by atoms with Crippen molar-refractivity contribution in [2.75, 3.05) is 30.7 Å². The van der Waals surface area contributed by atoms with Crippen molar-refractivity contribution in [1.82, 2.24) is 4.90 Å². The van der Waals surface area contributed by atoms with Gasteiger partial charge in [-0.3, -0.25) is 4.79 Å². The zero-order valence-electron chi connectivity index (χ0n) is 17.2. The summed E-state index contributed by atoms with van der Waals surface area (Å²) in [6.07, 6.45) is 7.11. The van der Waals surface area contributed by atoms with Crippen LogP contribution >= 0.6 is 11.8 Å². The van der Waals surface area contributed by atoms with Crippen LogP contribution in [-0.2, 0) is 4.79 Å². The van der Waals surface area contributed by atoms with Gasteiger partial charge < -0.3 is 10.2 Å². The molecule has 154 valence electrons. The summed E-state index contributed by atoms with van der Waals surface area (Å²) in [7, 11) is 0. The van der Waals surface area contributed by atoms with Gasteiger partial charge in [-0.05, 0) is 99.7 Å². The van der Waals surface area contributed by atoms with E-state index >= 15 is 0 Å². The summed E-state index contributed by atoms with van der Waals surface area (Å²) in [5, 5.41) is 3.09. The number of anilines is 1. The average Bonchev–Trinajstić information content (AvgIpc) is 3.61. The zero-order valence-corrected chi connectivity index (χ0v) is 18.0. The minimum atomic E-state index is 0.197. The van der Waals surface area contributed by atoms with Crippen LogP contribution in [0.4, 0.5) is 5.69 Å². The van der Waals surface area contributed by atoms with Crippen LogP contribution in [0.1, 0.15) is 50.0 Å². The minimum absolute atomic E-state index is 0.197. The van der Waals surface area contributed by atoms with E-state index in [2.05, 4.69) is 58.7 Å². The zero-order chi connectivity index (χ0) is 19.9. The second kappa shape index (κ2) is 10.3. The fourth-order valence-electron chi connectivity index (χ4n) is 4.09. The second-order valence-corrected chi connectivity index (χ2v) is 9.54. The van der Waals surface area contributed by atoms with Crippen molar-refractivity contribution in [2.24, 2.45) is 5.92 Å². The van der Waals surface area contributed by atoms with Crippen molar-refractivity contribution in [1.29, 1.82) is 0 Å². The summed E-state index contributed by atoms with van der Waals surface area (Å²) in [6, 6.07) is 19.2. The van der Waals surface area contributed by atoms with Gasteiger partial charge in [0.05, 0.1) is 0 Å². The molecule has 1 aliphatic carbocycles. The Balaban J connectivity index is 1.15. The molecule has 1 saturated heterocycles. The summed E-state index contributed by atoms with van der Waals surface area (Å²) in [5.41, 5.74) is 2.36. The SMILES string of the molecule is O=C(Nc1cccc(C2CCN(CCCCSc3ccccc3)CC2)c1)C1CC1. The molecule has 1 N–H and O–H groups in total. The summed E-state index contributed by atoms with van der Waals surface area (Å²) in [6.45, 7) is 3.60. The third-order valence-corrected chi connectivity index (χ3v) is 7.14. The molecule has 0 unspecified atom stereocenters. The van der Waals surface area contributed by atoms with Crippen LogP contribution in [0.2, 0.25) is 0 Å². The summed E-state index contributed by atoms with van der Waals surface area (Å²) < 4.78 is 0. The van der Waals surface area contributed by atoms with Crippen LogP contribution in [0, 0.1) is 5.92 Å². The van der Waals surface area contributed by atoms with Gasteiger partial charge >= 0.3 is 0 Å². The van der Waals surface area contributed by atoms with Crippen LogP contribution in [-0.4, -0.2) is 36.2 Å². The van der Waals surface area contributed by atoms with E-state index in [0.29, 0.717) is 5.92 Å². The van der Waals surface area contributed by atoms with Gasteiger partial charge in [0.2, 0.25) is 5.91 Å². The Morgan fingerprint density at radius 3 is 2.52 bits per heavy atom. The molecule has 2 aromatic rings. The molecule has 2 fully saturated rings. The van der Waals surface area contributed by atoms with Crippen molar-refractivity contribution in [3.05, 3.63) is 60.2 Å². The Morgan fingerprint density at radius 2 is 1.76 bits per heavy atom. The number of piperidine rings is 1. The highest BCUT2D eigenvalue weighted by Crippen LogP contribution is 2.32. The molecule has 1 heterocycles. The quantitative estimate of drug-likeness (QED) is 0.421. The van der Waals surface area contributed by atoms with Crippen molar-refractivity contribution in [3.8, 4) is 0 Å². The van der Waals surface area contributed by atoms with E-state index in [1.165, 1.54) is 61.5 Å². The lowest BCUT2D eigenvalue weighted by Gasteiger charge is -2.32. The normalized spacial score (nSPS) is 17.9. The maximum atomic E-state index is 12.0. The molecule has 29 heavy (non-hydrogen) atoms. The number of carbonyl (C=O) groups is 1. The van der Waals surface area contributed by atoms with E-state index in [1.807, 2.05) is 17.8 Å². The first-order valence-electron chi connectivity index (χ1n) is 11.1. The number of nitrogens with one attached hydrogen (secondary N) is 1. The number of rotatable bonds is 9. The van der Waals surface area contributed by atoms with Gasteiger partial charge in [0.25, 0.3) is 0 Å².